The lowest BCUT2D eigenvalue weighted by atomic mass is 9.76. The molecule has 2 N–H and O–H groups in total. The van der Waals surface area contributed by atoms with E-state index < -0.39 is 12.0 Å². The number of aromatic nitrogens is 2. The molecule has 3 aliphatic heterocycles. The Hall–Kier alpha value is -2.22. The van der Waals surface area contributed by atoms with Gasteiger partial charge in [-0.15, -0.1) is 0 Å². The van der Waals surface area contributed by atoms with Gasteiger partial charge >= 0.3 is 5.97 Å². The fraction of sp³-hybridized carbons (Fsp3) is 0.667. The Kier molecular flexibility index (Phi) is 4.52. The van der Waals surface area contributed by atoms with Crippen LogP contribution in [0.5, 0.6) is 0 Å². The van der Waals surface area contributed by atoms with Gasteiger partial charge in [-0.05, 0) is 37.5 Å². The van der Waals surface area contributed by atoms with Gasteiger partial charge in [-0.25, -0.2) is 4.98 Å². The van der Waals surface area contributed by atoms with Crippen LogP contribution in [0.15, 0.2) is 12.4 Å². The van der Waals surface area contributed by atoms with E-state index in [0.29, 0.717) is 12.1 Å². The van der Waals surface area contributed by atoms with Gasteiger partial charge in [-0.1, -0.05) is 0 Å². The summed E-state index contributed by atoms with van der Waals surface area (Å²) in [7, 11) is 0. The number of carbonyl (C=O) groups is 2. The smallest absolute Gasteiger partial charge is 0.320 e. The number of carboxylic acid groups (broad SMARTS) is 1. The molecule has 1 aromatic heterocycles. The van der Waals surface area contributed by atoms with Crippen LogP contribution in [0.4, 0.5) is 5.82 Å². The Balaban J connectivity index is 1.41. The third kappa shape index (κ3) is 3.25. The molecule has 3 aliphatic rings. The van der Waals surface area contributed by atoms with Gasteiger partial charge in [0.2, 0.25) is 0 Å². The molecule has 1 atom stereocenters. The molecule has 0 unspecified atom stereocenters. The highest BCUT2D eigenvalue weighted by molar-refractivity contribution is 5.92. The molecule has 0 aromatic carbocycles. The Bertz CT molecular complexity index is 696. The number of carbonyl (C=O) groups excluding carboxylic acids is 1. The molecule has 1 spiro atoms. The van der Waals surface area contributed by atoms with E-state index in [1.165, 1.54) is 0 Å². The highest BCUT2D eigenvalue weighted by Crippen LogP contribution is 2.40. The van der Waals surface area contributed by atoms with Crippen molar-refractivity contribution in [1.82, 2.24) is 20.2 Å². The van der Waals surface area contributed by atoms with Gasteiger partial charge in [0.1, 0.15) is 17.6 Å². The normalized spacial score (nSPS) is 25.0. The van der Waals surface area contributed by atoms with Gasteiger partial charge in [0.25, 0.3) is 5.91 Å². The fourth-order valence-corrected chi connectivity index (χ4v) is 4.38. The minimum atomic E-state index is -0.761. The van der Waals surface area contributed by atoms with Gasteiger partial charge in [0.05, 0.1) is 12.4 Å². The van der Waals surface area contributed by atoms with Gasteiger partial charge in [0.15, 0.2) is 0 Å². The molecule has 140 valence electrons. The summed E-state index contributed by atoms with van der Waals surface area (Å²) >= 11 is 0. The number of nitrogens with zero attached hydrogens (tertiary/aromatic N) is 4. The summed E-state index contributed by atoms with van der Waals surface area (Å²) < 4.78 is 0. The monoisotopic (exact) mass is 359 g/mol. The zero-order valence-corrected chi connectivity index (χ0v) is 14.9. The lowest BCUT2D eigenvalue weighted by Crippen LogP contribution is -2.41. The summed E-state index contributed by atoms with van der Waals surface area (Å²) in [5.41, 5.74) is 0.480. The van der Waals surface area contributed by atoms with Crippen LogP contribution in [0.3, 0.4) is 0 Å². The zero-order valence-electron chi connectivity index (χ0n) is 14.9. The number of piperidine rings is 1. The van der Waals surface area contributed by atoms with Crippen LogP contribution in [0, 0.1) is 5.41 Å². The molecule has 26 heavy (non-hydrogen) atoms. The number of hydrogen-bond acceptors (Lipinski definition) is 6. The van der Waals surface area contributed by atoms with Crippen LogP contribution in [0.25, 0.3) is 0 Å². The number of likely N-dealkylation sites (tertiary alicyclic amines) is 1. The molecule has 3 fully saturated rings. The van der Waals surface area contributed by atoms with Crippen molar-refractivity contribution < 1.29 is 14.7 Å². The van der Waals surface area contributed by atoms with Crippen molar-refractivity contribution in [2.45, 2.75) is 38.1 Å². The first kappa shape index (κ1) is 17.2. The predicted molar refractivity (Wildman–Crippen MR) is 95.1 cm³/mol. The number of anilines is 1. The molecule has 0 saturated carbocycles. The molecule has 0 bridgehead atoms. The van der Waals surface area contributed by atoms with Gasteiger partial charge < -0.3 is 20.2 Å². The van der Waals surface area contributed by atoms with E-state index in [9.17, 15) is 14.7 Å². The second-order valence-corrected chi connectivity index (χ2v) is 7.72. The Labute approximate surface area is 152 Å². The van der Waals surface area contributed by atoms with Gasteiger partial charge in [-0.2, -0.15) is 0 Å². The maximum Gasteiger partial charge on any atom is 0.320 e. The number of amides is 1. The van der Waals surface area contributed by atoms with Gasteiger partial charge in [-0.3, -0.25) is 14.6 Å². The molecule has 4 rings (SSSR count). The van der Waals surface area contributed by atoms with Crippen molar-refractivity contribution in [2.24, 2.45) is 5.41 Å². The molecular weight excluding hydrogens is 334 g/mol. The summed E-state index contributed by atoms with van der Waals surface area (Å²) in [6.07, 6.45) is 7.91. The number of nitrogens with one attached hydrogen (secondary N) is 1. The molecule has 3 saturated heterocycles. The average Bonchev–Trinajstić information content (AvgIpc) is 3.33. The second-order valence-electron chi connectivity index (χ2n) is 7.72. The summed E-state index contributed by atoms with van der Waals surface area (Å²) in [6.45, 7) is 3.98. The second kappa shape index (κ2) is 6.83. The van der Waals surface area contributed by atoms with Crippen molar-refractivity contribution in [3.63, 3.8) is 0 Å². The van der Waals surface area contributed by atoms with E-state index in [2.05, 4.69) is 20.2 Å². The quantitative estimate of drug-likeness (QED) is 0.821. The first-order chi connectivity index (χ1) is 12.6. The molecule has 0 radical (unpaired) electrons. The Morgan fingerprint density at radius 1 is 1.15 bits per heavy atom. The minimum absolute atomic E-state index is 0.0328. The summed E-state index contributed by atoms with van der Waals surface area (Å²) in [5.74, 6) is -0.0523. The third-order valence-corrected chi connectivity index (χ3v) is 6.04. The SMILES string of the molecule is O=C(O)[C@@H]1CC2(CCN(c3cncc(C(=O)N4CCCC4)n3)CC2)CN1. The lowest BCUT2D eigenvalue weighted by Gasteiger charge is -2.39. The van der Waals surface area contributed by atoms with Crippen LogP contribution in [0.2, 0.25) is 0 Å². The van der Waals surface area contributed by atoms with E-state index in [1.807, 2.05) is 4.90 Å². The Morgan fingerprint density at radius 2 is 1.88 bits per heavy atom. The maximum atomic E-state index is 12.5. The average molecular weight is 359 g/mol. The molecule has 1 aromatic rings. The van der Waals surface area contributed by atoms with E-state index in [4.69, 9.17) is 0 Å². The third-order valence-electron chi connectivity index (χ3n) is 6.04. The number of hydrogen-bond donors (Lipinski definition) is 2. The van der Waals surface area contributed by atoms with Crippen LogP contribution < -0.4 is 10.2 Å². The molecular formula is C18H25N5O3. The van der Waals surface area contributed by atoms with Crippen LogP contribution in [-0.4, -0.2) is 70.6 Å². The van der Waals surface area contributed by atoms with Crippen molar-refractivity contribution in [3.05, 3.63) is 18.1 Å². The van der Waals surface area contributed by atoms with Crippen molar-refractivity contribution in [1.29, 1.82) is 0 Å². The first-order valence-electron chi connectivity index (χ1n) is 9.39. The van der Waals surface area contributed by atoms with E-state index in [0.717, 1.165) is 64.2 Å². The van der Waals surface area contributed by atoms with Crippen LogP contribution in [0.1, 0.15) is 42.6 Å². The van der Waals surface area contributed by atoms with E-state index >= 15 is 0 Å². The topological polar surface area (TPSA) is 98.7 Å². The summed E-state index contributed by atoms with van der Waals surface area (Å²) in [4.78, 5) is 36.5. The Morgan fingerprint density at radius 3 is 2.54 bits per heavy atom. The lowest BCUT2D eigenvalue weighted by molar-refractivity contribution is -0.139. The first-order valence-corrected chi connectivity index (χ1v) is 9.39. The molecule has 8 nitrogen and oxygen atoms in total. The largest absolute Gasteiger partial charge is 0.480 e. The minimum Gasteiger partial charge on any atom is -0.480 e. The number of carboxylic acids is 1. The molecule has 4 heterocycles. The summed E-state index contributed by atoms with van der Waals surface area (Å²) in [6, 6.07) is -0.428. The number of rotatable bonds is 3. The van der Waals surface area contributed by atoms with Crippen LogP contribution in [-0.2, 0) is 4.79 Å². The summed E-state index contributed by atoms with van der Waals surface area (Å²) in [5, 5.41) is 12.3. The maximum absolute atomic E-state index is 12.5. The molecule has 8 heteroatoms. The predicted octanol–water partition coefficient (Wildman–Crippen LogP) is 0.746. The van der Waals surface area contributed by atoms with Crippen molar-refractivity contribution in [2.75, 3.05) is 37.6 Å². The molecule has 0 aliphatic carbocycles. The van der Waals surface area contributed by atoms with E-state index in [1.54, 1.807) is 12.4 Å². The van der Waals surface area contributed by atoms with E-state index in [-0.39, 0.29) is 11.3 Å². The number of aliphatic carboxylic acids is 1. The van der Waals surface area contributed by atoms with Gasteiger partial charge in [0, 0.05) is 32.7 Å². The van der Waals surface area contributed by atoms with Crippen LogP contribution >= 0.6 is 0 Å². The molecule has 1 amide bonds. The van der Waals surface area contributed by atoms with Crippen molar-refractivity contribution in [3.8, 4) is 0 Å². The standard InChI is InChI=1S/C18H25N5O3/c24-16(23-5-1-2-6-23)14-10-19-11-15(21-14)22-7-3-18(4-8-22)9-13(17(25)26)20-12-18/h10-11,13,20H,1-9,12H2,(H,25,26)/t13-/m0/s1. The van der Waals surface area contributed by atoms with Crippen molar-refractivity contribution >= 4 is 17.7 Å². The highest BCUT2D eigenvalue weighted by atomic mass is 16.4. The highest BCUT2D eigenvalue weighted by Gasteiger charge is 2.43. The zero-order chi connectivity index (χ0) is 18.1. The fourth-order valence-electron chi connectivity index (χ4n) is 4.38.